The zero-order valence-electron chi connectivity index (χ0n) is 9.57. The molecule has 2 fully saturated rings. The van der Waals surface area contributed by atoms with Crippen LogP contribution in [-0.2, 0) is 9.84 Å². The molecule has 5 heteroatoms. The lowest BCUT2D eigenvalue weighted by Gasteiger charge is -2.28. The van der Waals surface area contributed by atoms with E-state index in [0.717, 1.165) is 13.0 Å². The molecule has 0 aromatic carbocycles. The molecule has 16 heavy (non-hydrogen) atoms. The number of sulfone groups is 1. The van der Waals surface area contributed by atoms with Crippen LogP contribution in [0.25, 0.3) is 0 Å². The van der Waals surface area contributed by atoms with E-state index in [-0.39, 0.29) is 0 Å². The number of nitrogens with zero attached hydrogens (tertiary/aromatic N) is 1. The van der Waals surface area contributed by atoms with Gasteiger partial charge in [0, 0.05) is 6.26 Å². The Kier molecular flexibility index (Phi) is 2.97. The van der Waals surface area contributed by atoms with E-state index in [4.69, 9.17) is 0 Å². The maximum absolute atomic E-state index is 11.7. The fraction of sp³-hybridized carbons (Fsp3) is 0.909. The van der Waals surface area contributed by atoms with Crippen molar-refractivity contribution in [2.45, 2.75) is 42.9 Å². The van der Waals surface area contributed by atoms with Gasteiger partial charge in [-0.3, -0.25) is 5.32 Å². The van der Waals surface area contributed by atoms with Gasteiger partial charge in [0.05, 0.1) is 11.3 Å². The van der Waals surface area contributed by atoms with Gasteiger partial charge >= 0.3 is 0 Å². The van der Waals surface area contributed by atoms with E-state index < -0.39 is 20.6 Å². The summed E-state index contributed by atoms with van der Waals surface area (Å²) in [6.45, 7) is 0.791. The highest BCUT2D eigenvalue weighted by Crippen LogP contribution is 2.36. The van der Waals surface area contributed by atoms with Gasteiger partial charge in [0.15, 0.2) is 9.84 Å². The Bertz CT molecular complexity index is 408. The summed E-state index contributed by atoms with van der Waals surface area (Å²) in [5.74, 6) is 0.658. The third kappa shape index (κ3) is 2.23. The summed E-state index contributed by atoms with van der Waals surface area (Å²) >= 11 is 0. The average Bonchev–Trinajstić information content (AvgIpc) is 2.93. The van der Waals surface area contributed by atoms with Crippen LogP contribution in [0.4, 0.5) is 0 Å². The van der Waals surface area contributed by atoms with Crippen LogP contribution in [0.2, 0.25) is 0 Å². The van der Waals surface area contributed by atoms with E-state index in [1.165, 1.54) is 19.1 Å². The SMILES string of the molecule is CS(=O)(=O)C1CCCC1(C#N)NCC1CC1. The van der Waals surface area contributed by atoms with Crippen molar-refractivity contribution in [2.24, 2.45) is 5.92 Å². The second-order valence-electron chi connectivity index (χ2n) is 5.12. The Hall–Kier alpha value is -0.600. The molecule has 0 aromatic rings. The van der Waals surface area contributed by atoms with Crippen LogP contribution >= 0.6 is 0 Å². The quantitative estimate of drug-likeness (QED) is 0.793. The van der Waals surface area contributed by atoms with Crippen molar-refractivity contribution in [1.29, 1.82) is 5.26 Å². The van der Waals surface area contributed by atoms with E-state index in [1.807, 2.05) is 0 Å². The Labute approximate surface area is 96.9 Å². The number of nitrogens with one attached hydrogen (secondary N) is 1. The molecule has 0 radical (unpaired) electrons. The summed E-state index contributed by atoms with van der Waals surface area (Å²) in [4.78, 5) is 0. The predicted octanol–water partition coefficient (Wildman–Crippen LogP) is 0.845. The fourth-order valence-corrected chi connectivity index (χ4v) is 4.15. The Balaban J connectivity index is 2.14. The van der Waals surface area contributed by atoms with Gasteiger partial charge in [-0.25, -0.2) is 8.42 Å². The van der Waals surface area contributed by atoms with Crippen LogP contribution in [0.5, 0.6) is 0 Å². The Morgan fingerprint density at radius 2 is 2.12 bits per heavy atom. The molecule has 2 aliphatic rings. The molecule has 2 unspecified atom stereocenters. The van der Waals surface area contributed by atoms with Gasteiger partial charge < -0.3 is 0 Å². The van der Waals surface area contributed by atoms with Crippen LogP contribution in [0.1, 0.15) is 32.1 Å². The lowest BCUT2D eigenvalue weighted by atomic mass is 9.99. The summed E-state index contributed by atoms with van der Waals surface area (Å²) < 4.78 is 23.4. The van der Waals surface area contributed by atoms with Crippen molar-refractivity contribution in [2.75, 3.05) is 12.8 Å². The van der Waals surface area contributed by atoms with Gasteiger partial charge in [-0.05, 0) is 44.6 Å². The minimum absolute atomic E-state index is 0.524. The number of hydrogen-bond donors (Lipinski definition) is 1. The van der Waals surface area contributed by atoms with Crippen molar-refractivity contribution in [3.63, 3.8) is 0 Å². The third-order valence-electron chi connectivity index (χ3n) is 3.71. The van der Waals surface area contributed by atoms with Crippen molar-refractivity contribution in [1.82, 2.24) is 5.32 Å². The monoisotopic (exact) mass is 242 g/mol. The molecule has 0 aromatic heterocycles. The standard InChI is InChI=1S/C11H18N2O2S/c1-16(14,15)10-3-2-6-11(10,8-12)13-7-9-4-5-9/h9-10,13H,2-7H2,1H3. The molecule has 0 aliphatic heterocycles. The van der Waals surface area contributed by atoms with Gasteiger partial charge in [0.2, 0.25) is 0 Å². The summed E-state index contributed by atoms with van der Waals surface area (Å²) in [5, 5.41) is 12.0. The minimum Gasteiger partial charge on any atom is -0.298 e. The highest BCUT2D eigenvalue weighted by molar-refractivity contribution is 7.91. The van der Waals surface area contributed by atoms with E-state index in [0.29, 0.717) is 18.8 Å². The summed E-state index contributed by atoms with van der Waals surface area (Å²) in [5.41, 5.74) is -0.823. The summed E-state index contributed by atoms with van der Waals surface area (Å²) in [6.07, 6.45) is 5.75. The molecule has 1 N–H and O–H groups in total. The van der Waals surface area contributed by atoms with Gasteiger partial charge in [-0.1, -0.05) is 0 Å². The minimum atomic E-state index is -3.13. The Morgan fingerprint density at radius 1 is 1.44 bits per heavy atom. The molecule has 0 heterocycles. The van der Waals surface area contributed by atoms with Gasteiger partial charge in [-0.15, -0.1) is 0 Å². The van der Waals surface area contributed by atoms with E-state index in [9.17, 15) is 13.7 Å². The first-order valence-corrected chi connectivity index (χ1v) is 7.78. The first kappa shape index (κ1) is 11.9. The van der Waals surface area contributed by atoms with Crippen molar-refractivity contribution >= 4 is 9.84 Å². The average molecular weight is 242 g/mol. The van der Waals surface area contributed by atoms with Crippen LogP contribution in [0.15, 0.2) is 0 Å². The van der Waals surface area contributed by atoms with Crippen LogP contribution in [-0.4, -0.2) is 32.0 Å². The van der Waals surface area contributed by atoms with Crippen LogP contribution in [0, 0.1) is 17.2 Å². The second-order valence-corrected chi connectivity index (χ2v) is 7.35. The molecule has 0 bridgehead atoms. The molecule has 2 saturated carbocycles. The highest BCUT2D eigenvalue weighted by atomic mass is 32.2. The lowest BCUT2D eigenvalue weighted by molar-refractivity contribution is 0.410. The van der Waals surface area contributed by atoms with E-state index >= 15 is 0 Å². The Morgan fingerprint density at radius 3 is 2.62 bits per heavy atom. The van der Waals surface area contributed by atoms with Crippen LogP contribution < -0.4 is 5.32 Å². The number of rotatable bonds is 4. The molecular formula is C11H18N2O2S. The first-order valence-electron chi connectivity index (χ1n) is 5.83. The van der Waals surface area contributed by atoms with Crippen molar-refractivity contribution in [3.05, 3.63) is 0 Å². The lowest BCUT2D eigenvalue weighted by Crippen LogP contribution is -2.53. The van der Waals surface area contributed by atoms with Crippen molar-refractivity contribution in [3.8, 4) is 6.07 Å². The number of nitriles is 1. The van der Waals surface area contributed by atoms with Gasteiger partial charge in [0.1, 0.15) is 5.54 Å². The molecule has 0 amide bonds. The first-order chi connectivity index (χ1) is 7.48. The molecule has 2 atom stereocenters. The topological polar surface area (TPSA) is 70.0 Å². The van der Waals surface area contributed by atoms with Crippen LogP contribution in [0.3, 0.4) is 0 Å². The molecule has 4 nitrogen and oxygen atoms in total. The fourth-order valence-electron chi connectivity index (χ4n) is 2.57. The molecule has 0 saturated heterocycles. The molecular weight excluding hydrogens is 224 g/mol. The third-order valence-corrected chi connectivity index (χ3v) is 5.38. The summed E-state index contributed by atoms with van der Waals surface area (Å²) in [6, 6.07) is 2.23. The zero-order chi connectivity index (χ0) is 11.8. The van der Waals surface area contributed by atoms with Crippen molar-refractivity contribution < 1.29 is 8.42 Å². The normalized spacial score (nSPS) is 34.9. The maximum atomic E-state index is 11.7. The second kappa shape index (κ2) is 4.01. The van der Waals surface area contributed by atoms with E-state index in [2.05, 4.69) is 11.4 Å². The molecule has 2 aliphatic carbocycles. The van der Waals surface area contributed by atoms with E-state index in [1.54, 1.807) is 0 Å². The highest BCUT2D eigenvalue weighted by Gasteiger charge is 2.48. The zero-order valence-corrected chi connectivity index (χ0v) is 10.4. The molecule has 0 spiro atoms. The molecule has 90 valence electrons. The van der Waals surface area contributed by atoms with Gasteiger partial charge in [0.25, 0.3) is 0 Å². The predicted molar refractivity (Wildman–Crippen MR) is 61.6 cm³/mol. The van der Waals surface area contributed by atoms with Gasteiger partial charge in [-0.2, -0.15) is 5.26 Å². The maximum Gasteiger partial charge on any atom is 0.153 e. The smallest absolute Gasteiger partial charge is 0.153 e. The number of hydrogen-bond acceptors (Lipinski definition) is 4. The summed E-state index contributed by atoms with van der Waals surface area (Å²) in [7, 11) is -3.13. The largest absolute Gasteiger partial charge is 0.298 e. The molecule has 2 rings (SSSR count).